The van der Waals surface area contributed by atoms with Crippen molar-refractivity contribution in [1.82, 2.24) is 15.5 Å². The fourth-order valence-electron chi connectivity index (χ4n) is 2.34. The van der Waals surface area contributed by atoms with Crippen LogP contribution in [0, 0.1) is 0 Å². The predicted octanol–water partition coefficient (Wildman–Crippen LogP) is 3.55. The highest BCUT2D eigenvalue weighted by molar-refractivity contribution is 5.95. The van der Waals surface area contributed by atoms with E-state index in [2.05, 4.69) is 15.5 Å². The molecule has 0 saturated carbocycles. The van der Waals surface area contributed by atoms with Gasteiger partial charge in [0, 0.05) is 22.7 Å². The lowest BCUT2D eigenvalue weighted by Crippen LogP contribution is -2.30. The molecule has 0 radical (unpaired) electrons. The number of hydrogen-bond acceptors (Lipinski definition) is 5. The predicted molar refractivity (Wildman–Crippen MR) is 94.3 cm³/mol. The van der Waals surface area contributed by atoms with E-state index in [0.717, 1.165) is 16.9 Å². The summed E-state index contributed by atoms with van der Waals surface area (Å²) < 4.78 is 10.5. The van der Waals surface area contributed by atoms with Crippen LogP contribution in [0.2, 0.25) is 0 Å². The second-order valence-electron chi connectivity index (χ2n) is 5.86. The van der Waals surface area contributed by atoms with Crippen molar-refractivity contribution in [1.29, 1.82) is 0 Å². The first kappa shape index (κ1) is 16.7. The molecule has 6 nitrogen and oxygen atoms in total. The van der Waals surface area contributed by atoms with Crippen molar-refractivity contribution in [3.63, 3.8) is 0 Å². The minimum Gasteiger partial charge on any atom is -0.497 e. The zero-order chi connectivity index (χ0) is 17.8. The molecule has 3 aromatic rings. The maximum Gasteiger partial charge on any atom is 0.258 e. The Hall–Kier alpha value is -3.15. The molecule has 0 saturated heterocycles. The van der Waals surface area contributed by atoms with Gasteiger partial charge in [0.05, 0.1) is 7.11 Å². The number of benzene rings is 2. The highest BCUT2D eigenvalue weighted by Crippen LogP contribution is 2.24. The number of carbonyl (C=O) groups is 1. The molecule has 1 heterocycles. The highest BCUT2D eigenvalue weighted by atomic mass is 16.5. The van der Waals surface area contributed by atoms with Crippen LogP contribution >= 0.6 is 0 Å². The SMILES string of the molecule is COc1ccc(-c2nc(-c3cccc(C(=O)NC(C)C)c3)no2)cc1. The average Bonchev–Trinajstić information content (AvgIpc) is 3.11. The van der Waals surface area contributed by atoms with Crippen LogP contribution < -0.4 is 10.1 Å². The number of rotatable bonds is 5. The van der Waals surface area contributed by atoms with Gasteiger partial charge in [0.2, 0.25) is 5.82 Å². The van der Waals surface area contributed by atoms with Gasteiger partial charge in [-0.1, -0.05) is 17.3 Å². The van der Waals surface area contributed by atoms with Crippen molar-refractivity contribution < 1.29 is 14.1 Å². The molecule has 3 rings (SSSR count). The number of nitrogens with one attached hydrogen (secondary N) is 1. The Morgan fingerprint density at radius 1 is 1.12 bits per heavy atom. The molecule has 0 aliphatic rings. The summed E-state index contributed by atoms with van der Waals surface area (Å²) in [7, 11) is 1.61. The molecule has 128 valence electrons. The zero-order valence-electron chi connectivity index (χ0n) is 14.3. The summed E-state index contributed by atoms with van der Waals surface area (Å²) >= 11 is 0. The van der Waals surface area contributed by atoms with Crippen LogP contribution in [0.25, 0.3) is 22.8 Å². The Morgan fingerprint density at radius 3 is 2.56 bits per heavy atom. The van der Waals surface area contributed by atoms with Gasteiger partial charge in [0.25, 0.3) is 11.8 Å². The zero-order valence-corrected chi connectivity index (χ0v) is 14.3. The number of hydrogen-bond donors (Lipinski definition) is 1. The first-order valence-electron chi connectivity index (χ1n) is 7.96. The summed E-state index contributed by atoms with van der Waals surface area (Å²) in [4.78, 5) is 16.6. The van der Waals surface area contributed by atoms with Crippen molar-refractivity contribution in [3.8, 4) is 28.6 Å². The Kier molecular flexibility index (Phi) is 4.79. The highest BCUT2D eigenvalue weighted by Gasteiger charge is 2.13. The van der Waals surface area contributed by atoms with Gasteiger partial charge in [-0.2, -0.15) is 4.98 Å². The minimum atomic E-state index is -0.129. The van der Waals surface area contributed by atoms with Crippen molar-refractivity contribution in [2.24, 2.45) is 0 Å². The lowest BCUT2D eigenvalue weighted by atomic mass is 10.1. The smallest absolute Gasteiger partial charge is 0.258 e. The average molecular weight is 337 g/mol. The van der Waals surface area contributed by atoms with Crippen molar-refractivity contribution >= 4 is 5.91 Å². The van der Waals surface area contributed by atoms with Crippen molar-refractivity contribution in [2.75, 3.05) is 7.11 Å². The molecule has 0 unspecified atom stereocenters. The number of methoxy groups -OCH3 is 1. The summed E-state index contributed by atoms with van der Waals surface area (Å²) in [6.07, 6.45) is 0. The quantitative estimate of drug-likeness (QED) is 0.770. The molecule has 0 spiro atoms. The van der Waals surface area contributed by atoms with Gasteiger partial charge >= 0.3 is 0 Å². The second kappa shape index (κ2) is 7.17. The van der Waals surface area contributed by atoms with Crippen LogP contribution in [0.3, 0.4) is 0 Å². The second-order valence-corrected chi connectivity index (χ2v) is 5.86. The number of carbonyl (C=O) groups excluding carboxylic acids is 1. The van der Waals surface area contributed by atoms with Crippen molar-refractivity contribution in [3.05, 3.63) is 54.1 Å². The molecule has 2 aromatic carbocycles. The third-order valence-electron chi connectivity index (χ3n) is 3.57. The largest absolute Gasteiger partial charge is 0.497 e. The number of amides is 1. The molecule has 0 bridgehead atoms. The molecule has 6 heteroatoms. The van der Waals surface area contributed by atoms with Gasteiger partial charge in [-0.3, -0.25) is 4.79 Å². The standard InChI is InChI=1S/C19H19N3O3/c1-12(2)20-18(23)15-6-4-5-14(11-15)17-21-19(25-22-17)13-7-9-16(24-3)10-8-13/h4-12H,1-3H3,(H,20,23). The van der Waals surface area contributed by atoms with Gasteiger partial charge in [-0.05, 0) is 50.2 Å². The summed E-state index contributed by atoms with van der Waals surface area (Å²) in [5, 5.41) is 6.88. The number of aromatic nitrogens is 2. The molecular formula is C19H19N3O3. The fourth-order valence-corrected chi connectivity index (χ4v) is 2.34. The minimum absolute atomic E-state index is 0.0722. The van der Waals surface area contributed by atoms with E-state index in [0.29, 0.717) is 17.3 Å². The number of ether oxygens (including phenoxy) is 1. The first-order chi connectivity index (χ1) is 12.1. The lowest BCUT2D eigenvalue weighted by Gasteiger charge is -2.08. The maximum atomic E-state index is 12.1. The van der Waals surface area contributed by atoms with Gasteiger partial charge in [0.15, 0.2) is 0 Å². The molecule has 0 aliphatic carbocycles. The normalized spacial score (nSPS) is 10.7. The van der Waals surface area contributed by atoms with Crippen LogP contribution in [0.4, 0.5) is 0 Å². The fraction of sp³-hybridized carbons (Fsp3) is 0.211. The summed E-state index contributed by atoms with van der Waals surface area (Å²) in [6.45, 7) is 3.84. The summed E-state index contributed by atoms with van der Waals surface area (Å²) in [5.74, 6) is 1.47. The molecule has 25 heavy (non-hydrogen) atoms. The first-order valence-corrected chi connectivity index (χ1v) is 7.96. The molecule has 1 N–H and O–H groups in total. The van der Waals surface area contributed by atoms with Crippen molar-refractivity contribution in [2.45, 2.75) is 19.9 Å². The summed E-state index contributed by atoms with van der Waals surface area (Å²) in [5.41, 5.74) is 2.08. The van der Waals surface area contributed by atoms with Gasteiger partial charge in [0.1, 0.15) is 5.75 Å². The Labute approximate surface area is 145 Å². The third kappa shape index (κ3) is 3.85. The van der Waals surface area contributed by atoms with Gasteiger partial charge in [-0.25, -0.2) is 0 Å². The Bertz CT molecular complexity index is 870. The topological polar surface area (TPSA) is 77.2 Å². The molecule has 0 atom stereocenters. The van der Waals surface area contributed by atoms with Gasteiger partial charge in [-0.15, -0.1) is 0 Å². The van der Waals surface area contributed by atoms with E-state index in [9.17, 15) is 4.79 Å². The van der Waals surface area contributed by atoms with E-state index in [1.807, 2.05) is 44.2 Å². The summed E-state index contributed by atoms with van der Waals surface area (Å²) in [6, 6.07) is 14.6. The van der Waals surface area contributed by atoms with Gasteiger partial charge < -0.3 is 14.6 Å². The monoisotopic (exact) mass is 337 g/mol. The van der Waals surface area contributed by atoms with E-state index < -0.39 is 0 Å². The van der Waals surface area contributed by atoms with E-state index in [1.54, 1.807) is 25.3 Å². The van der Waals surface area contributed by atoms with E-state index in [4.69, 9.17) is 9.26 Å². The number of nitrogens with zero attached hydrogens (tertiary/aromatic N) is 2. The van der Waals surface area contributed by atoms with Crippen LogP contribution in [0.15, 0.2) is 53.1 Å². The van der Waals surface area contributed by atoms with E-state index in [1.165, 1.54) is 0 Å². The molecular weight excluding hydrogens is 318 g/mol. The lowest BCUT2D eigenvalue weighted by molar-refractivity contribution is 0.0943. The molecule has 0 fully saturated rings. The van der Waals surface area contributed by atoms with Crippen LogP contribution in [0.5, 0.6) is 5.75 Å². The van der Waals surface area contributed by atoms with Crippen LogP contribution in [-0.4, -0.2) is 29.2 Å². The molecule has 0 aliphatic heterocycles. The Balaban J connectivity index is 1.85. The maximum absolute atomic E-state index is 12.1. The van der Waals surface area contributed by atoms with Crippen LogP contribution in [0.1, 0.15) is 24.2 Å². The molecule has 1 amide bonds. The van der Waals surface area contributed by atoms with E-state index >= 15 is 0 Å². The Morgan fingerprint density at radius 2 is 1.88 bits per heavy atom. The van der Waals surface area contributed by atoms with E-state index in [-0.39, 0.29) is 11.9 Å². The third-order valence-corrected chi connectivity index (χ3v) is 3.57. The molecule has 1 aromatic heterocycles. The van der Waals surface area contributed by atoms with Crippen LogP contribution in [-0.2, 0) is 0 Å².